The maximum absolute atomic E-state index is 9.73. The van der Waals surface area contributed by atoms with Crippen molar-refractivity contribution in [2.45, 2.75) is 6.42 Å². The van der Waals surface area contributed by atoms with Crippen molar-refractivity contribution in [1.29, 1.82) is 0 Å². The van der Waals surface area contributed by atoms with E-state index in [1.54, 1.807) is 0 Å². The van der Waals surface area contributed by atoms with Crippen molar-refractivity contribution in [3.8, 4) is 0 Å². The molecule has 1 N–H and O–H groups in total. The minimum atomic E-state index is -1.25. The van der Waals surface area contributed by atoms with Crippen molar-refractivity contribution >= 4 is 11.9 Å². The Morgan fingerprint density at radius 3 is 1.92 bits per heavy atom. The SMILES string of the molecule is O=C([O-])CCNCC(=O)[O-].[Li+].[Li+]. The molecular formula is C5H7Li2NO4. The molecule has 0 aromatic rings. The van der Waals surface area contributed by atoms with Crippen molar-refractivity contribution in [3.63, 3.8) is 0 Å². The van der Waals surface area contributed by atoms with Gasteiger partial charge in [-0.3, -0.25) is 0 Å². The summed E-state index contributed by atoms with van der Waals surface area (Å²) < 4.78 is 0. The molecular weight excluding hydrogens is 152 g/mol. The van der Waals surface area contributed by atoms with E-state index in [0.717, 1.165) is 0 Å². The number of rotatable bonds is 5. The predicted molar refractivity (Wildman–Crippen MR) is 27.5 cm³/mol. The Labute approximate surface area is 94.3 Å². The number of hydrogen-bond donors (Lipinski definition) is 1. The van der Waals surface area contributed by atoms with Gasteiger partial charge in [0, 0.05) is 19.1 Å². The summed E-state index contributed by atoms with van der Waals surface area (Å²) in [4.78, 5) is 19.4. The van der Waals surface area contributed by atoms with Gasteiger partial charge in [0.25, 0.3) is 0 Å². The van der Waals surface area contributed by atoms with Crippen LogP contribution < -0.4 is 53.3 Å². The van der Waals surface area contributed by atoms with Crippen LogP contribution in [0, 0.1) is 0 Å². The molecule has 0 saturated heterocycles. The number of carboxylic acid groups (broad SMARTS) is 2. The van der Waals surface area contributed by atoms with Crippen LogP contribution in [0.5, 0.6) is 0 Å². The van der Waals surface area contributed by atoms with Crippen LogP contribution in [0.15, 0.2) is 0 Å². The quantitative estimate of drug-likeness (QED) is 0.317. The normalized spacial score (nSPS) is 7.67. The van der Waals surface area contributed by atoms with Gasteiger partial charge in [-0.25, -0.2) is 0 Å². The van der Waals surface area contributed by atoms with Crippen molar-refractivity contribution in [2.75, 3.05) is 13.1 Å². The number of carbonyl (C=O) groups excluding carboxylic acids is 2. The van der Waals surface area contributed by atoms with Gasteiger partial charge >= 0.3 is 37.7 Å². The zero-order valence-corrected chi connectivity index (χ0v) is 7.25. The molecule has 0 amide bonds. The molecule has 12 heavy (non-hydrogen) atoms. The van der Waals surface area contributed by atoms with Crippen LogP contribution in [-0.4, -0.2) is 25.0 Å². The minimum Gasteiger partial charge on any atom is -0.550 e. The van der Waals surface area contributed by atoms with Crippen LogP contribution in [0.1, 0.15) is 6.42 Å². The van der Waals surface area contributed by atoms with E-state index in [2.05, 4.69) is 5.32 Å². The van der Waals surface area contributed by atoms with Gasteiger partial charge in [0.1, 0.15) is 0 Å². The fraction of sp³-hybridized carbons (Fsp3) is 0.600. The zero-order chi connectivity index (χ0) is 7.98. The average molecular weight is 159 g/mol. The Balaban J connectivity index is -0.000000405. The van der Waals surface area contributed by atoms with Crippen molar-refractivity contribution in [1.82, 2.24) is 5.32 Å². The Morgan fingerprint density at radius 2 is 1.58 bits per heavy atom. The van der Waals surface area contributed by atoms with Crippen LogP contribution in [0.25, 0.3) is 0 Å². The van der Waals surface area contributed by atoms with Gasteiger partial charge in [-0.2, -0.15) is 0 Å². The van der Waals surface area contributed by atoms with Gasteiger partial charge in [-0.05, 0) is 6.42 Å². The van der Waals surface area contributed by atoms with Crippen LogP contribution in [0.2, 0.25) is 0 Å². The molecule has 0 atom stereocenters. The minimum absolute atomic E-state index is 0. The van der Waals surface area contributed by atoms with E-state index in [9.17, 15) is 19.8 Å². The van der Waals surface area contributed by atoms with E-state index >= 15 is 0 Å². The van der Waals surface area contributed by atoms with E-state index in [0.29, 0.717) is 0 Å². The molecule has 0 aliphatic rings. The summed E-state index contributed by atoms with van der Waals surface area (Å²) in [6.45, 7) is -0.233. The summed E-state index contributed by atoms with van der Waals surface area (Å²) in [6, 6.07) is 0. The van der Waals surface area contributed by atoms with Gasteiger partial charge in [0.15, 0.2) is 0 Å². The van der Waals surface area contributed by atoms with Crippen molar-refractivity contribution < 1.29 is 57.5 Å². The van der Waals surface area contributed by atoms with E-state index < -0.39 is 11.9 Å². The van der Waals surface area contributed by atoms with Gasteiger partial charge in [-0.15, -0.1) is 0 Å². The summed E-state index contributed by atoms with van der Waals surface area (Å²) in [5.41, 5.74) is 0. The topological polar surface area (TPSA) is 92.3 Å². The number of carboxylic acids is 2. The fourth-order valence-corrected chi connectivity index (χ4v) is 0.381. The van der Waals surface area contributed by atoms with Crippen LogP contribution in [-0.2, 0) is 9.59 Å². The standard InChI is InChI=1S/C5H9NO4.2Li/c7-4(8)1-2-6-3-5(9)10;;/h6H,1-3H2,(H,7,8)(H,9,10);;/q;2*+1/p-2. The van der Waals surface area contributed by atoms with Gasteiger partial charge in [0.2, 0.25) is 0 Å². The summed E-state index contributed by atoms with van der Waals surface area (Å²) in [7, 11) is 0. The van der Waals surface area contributed by atoms with Gasteiger partial charge in [-0.1, -0.05) is 0 Å². The van der Waals surface area contributed by atoms with Crippen molar-refractivity contribution in [2.24, 2.45) is 0 Å². The van der Waals surface area contributed by atoms with E-state index in [-0.39, 0.29) is 57.2 Å². The summed E-state index contributed by atoms with van der Waals surface area (Å²) >= 11 is 0. The second-order valence-corrected chi connectivity index (χ2v) is 1.67. The molecule has 0 radical (unpaired) electrons. The first-order valence-electron chi connectivity index (χ1n) is 2.73. The molecule has 7 heteroatoms. The van der Waals surface area contributed by atoms with Gasteiger partial charge < -0.3 is 25.1 Å². The molecule has 58 valence electrons. The maximum Gasteiger partial charge on any atom is 1.00 e. The first kappa shape index (κ1) is 18.0. The monoisotopic (exact) mass is 159 g/mol. The molecule has 0 heterocycles. The Hall–Kier alpha value is 0.0948. The Kier molecular flexibility index (Phi) is 16.6. The summed E-state index contributed by atoms with van der Waals surface area (Å²) in [6.07, 6.45) is -0.187. The smallest absolute Gasteiger partial charge is 0.550 e. The predicted octanol–water partition coefficient (Wildman–Crippen LogP) is -9.53. The summed E-state index contributed by atoms with van der Waals surface area (Å²) in [5.74, 6) is -2.45. The molecule has 0 fully saturated rings. The molecule has 0 aliphatic carbocycles. The molecule has 0 spiro atoms. The first-order chi connectivity index (χ1) is 4.63. The molecule has 0 aliphatic heterocycles. The van der Waals surface area contributed by atoms with Crippen LogP contribution in [0.3, 0.4) is 0 Å². The largest absolute Gasteiger partial charge is 1.00 e. The second kappa shape index (κ2) is 11.1. The van der Waals surface area contributed by atoms with E-state index in [4.69, 9.17) is 0 Å². The molecule has 5 nitrogen and oxygen atoms in total. The molecule has 0 rings (SSSR count). The molecule has 0 bridgehead atoms. The molecule has 0 aromatic heterocycles. The number of carbonyl (C=O) groups is 2. The van der Waals surface area contributed by atoms with Crippen molar-refractivity contribution in [3.05, 3.63) is 0 Å². The molecule has 0 saturated carbocycles. The third kappa shape index (κ3) is 16.6. The number of aliphatic carboxylic acids is 2. The number of nitrogens with one attached hydrogen (secondary N) is 1. The molecule has 0 aromatic carbocycles. The fourth-order valence-electron chi connectivity index (χ4n) is 0.381. The van der Waals surface area contributed by atoms with Crippen LogP contribution >= 0.6 is 0 Å². The van der Waals surface area contributed by atoms with E-state index in [1.165, 1.54) is 0 Å². The Bertz CT molecular complexity index is 125. The van der Waals surface area contributed by atoms with Gasteiger partial charge in [0.05, 0.1) is 5.97 Å². The first-order valence-corrected chi connectivity index (χ1v) is 2.73. The third-order valence-corrected chi connectivity index (χ3v) is 0.775. The zero-order valence-electron chi connectivity index (χ0n) is 7.25. The Morgan fingerprint density at radius 1 is 1.08 bits per heavy atom. The summed E-state index contributed by atoms with van der Waals surface area (Å²) in [5, 5.41) is 21.8. The second-order valence-electron chi connectivity index (χ2n) is 1.67. The third-order valence-electron chi connectivity index (χ3n) is 0.775. The van der Waals surface area contributed by atoms with E-state index in [1.807, 2.05) is 0 Å². The van der Waals surface area contributed by atoms with Crippen LogP contribution in [0.4, 0.5) is 0 Å². The average Bonchev–Trinajstić information content (AvgIpc) is 1.79. The number of hydrogen-bond acceptors (Lipinski definition) is 5. The molecule has 0 unspecified atom stereocenters. The maximum atomic E-state index is 9.73.